The van der Waals surface area contributed by atoms with Crippen LogP contribution in [0.25, 0.3) is 11.0 Å². The Bertz CT molecular complexity index is 452. The fraction of sp³-hybridized carbons (Fsp3) is 0.455. The van der Waals surface area contributed by atoms with Gasteiger partial charge in [0, 0.05) is 13.2 Å². The summed E-state index contributed by atoms with van der Waals surface area (Å²) >= 11 is 0. The van der Waals surface area contributed by atoms with Crippen molar-refractivity contribution in [3.05, 3.63) is 18.2 Å². The molecule has 0 aliphatic rings. The maximum atomic E-state index is 11.1. The van der Waals surface area contributed by atoms with Crippen LogP contribution >= 0.6 is 0 Å². The lowest BCUT2D eigenvalue weighted by molar-refractivity contribution is 0.0953. The van der Waals surface area contributed by atoms with Crippen molar-refractivity contribution in [3.63, 3.8) is 0 Å². The maximum absolute atomic E-state index is 11.1. The summed E-state index contributed by atoms with van der Waals surface area (Å²) in [5.74, 6) is -0.171. The van der Waals surface area contributed by atoms with Crippen LogP contribution in [0.3, 0.4) is 0 Å². The third-order valence-corrected chi connectivity index (χ3v) is 1.62. The predicted octanol–water partition coefficient (Wildman–Crippen LogP) is 1.76. The summed E-state index contributed by atoms with van der Waals surface area (Å²) in [4.78, 5) is 18.9. The first-order valence-corrected chi connectivity index (χ1v) is 5.69. The van der Waals surface area contributed by atoms with E-state index in [-0.39, 0.29) is 11.7 Å². The van der Waals surface area contributed by atoms with Crippen LogP contribution in [0.1, 0.15) is 38.3 Å². The second-order valence-electron chi connectivity index (χ2n) is 2.45. The molecule has 0 saturated heterocycles. The van der Waals surface area contributed by atoms with Gasteiger partial charge in [-0.2, -0.15) is 5.10 Å². The number of rotatable bonds is 1. The number of fused-ring (bicyclic) bond motifs is 1. The van der Waals surface area contributed by atoms with Crippen LogP contribution in [0.5, 0.6) is 0 Å². The average Bonchev–Trinajstić information content (AvgIpc) is 2.89. The fourth-order valence-corrected chi connectivity index (χ4v) is 0.959. The monoisotopic (exact) mass is 237 g/mol. The molecule has 1 amide bonds. The normalized spacial score (nSPS) is 8.53. The number of aromatic nitrogens is 4. The number of amides is 1. The first kappa shape index (κ1) is 15.0. The van der Waals surface area contributed by atoms with E-state index in [1.165, 1.54) is 7.05 Å². The van der Waals surface area contributed by atoms with Gasteiger partial charge in [-0.1, -0.05) is 27.7 Å². The first-order chi connectivity index (χ1) is 8.31. The molecule has 0 fully saturated rings. The molecule has 0 unspecified atom stereocenters. The van der Waals surface area contributed by atoms with Gasteiger partial charge in [0.2, 0.25) is 5.82 Å². The zero-order valence-corrected chi connectivity index (χ0v) is 10.9. The summed E-state index contributed by atoms with van der Waals surface area (Å²) < 4.78 is 0. The highest BCUT2D eigenvalue weighted by atomic mass is 16.2. The van der Waals surface area contributed by atoms with Crippen molar-refractivity contribution in [2.45, 2.75) is 27.7 Å². The molecule has 2 aromatic rings. The molecule has 0 aliphatic heterocycles. The molecular formula is C11H19N5O. The van der Waals surface area contributed by atoms with Gasteiger partial charge in [0.25, 0.3) is 5.91 Å². The molecule has 2 heterocycles. The molecule has 6 heteroatoms. The molecule has 0 spiro atoms. The molecular weight excluding hydrogens is 218 g/mol. The quantitative estimate of drug-likeness (QED) is 0.791. The fourth-order valence-electron chi connectivity index (χ4n) is 0.959. The molecule has 0 radical (unpaired) electrons. The highest BCUT2D eigenvalue weighted by Gasteiger charge is 2.07. The summed E-state index contributed by atoms with van der Waals surface area (Å²) in [5.41, 5.74) is 0.564. The summed E-state index contributed by atoms with van der Waals surface area (Å²) in [6.45, 7) is 8.00. The van der Waals surface area contributed by atoms with Crippen LogP contribution in [0.15, 0.2) is 12.4 Å². The van der Waals surface area contributed by atoms with Gasteiger partial charge in [0.15, 0.2) is 5.65 Å². The summed E-state index contributed by atoms with van der Waals surface area (Å²) in [6.07, 6.45) is 3.15. The maximum Gasteiger partial charge on any atom is 0.288 e. The highest BCUT2D eigenvalue weighted by Crippen LogP contribution is 2.04. The largest absolute Gasteiger partial charge is 0.352 e. The van der Waals surface area contributed by atoms with Gasteiger partial charge in [0.1, 0.15) is 0 Å². The summed E-state index contributed by atoms with van der Waals surface area (Å²) in [6, 6.07) is 0. The van der Waals surface area contributed by atoms with Gasteiger partial charge in [0.05, 0.1) is 11.6 Å². The lowest BCUT2D eigenvalue weighted by atomic mass is 10.4. The van der Waals surface area contributed by atoms with Crippen LogP contribution in [0, 0.1) is 0 Å². The molecule has 2 aromatic heterocycles. The molecule has 6 nitrogen and oxygen atoms in total. The summed E-state index contributed by atoms with van der Waals surface area (Å²) in [5, 5.41) is 9.65. The molecule has 0 saturated carbocycles. The Labute approximate surface area is 101 Å². The summed E-state index contributed by atoms with van der Waals surface area (Å²) in [7, 11) is 1.53. The minimum Gasteiger partial charge on any atom is -0.352 e. The number of nitrogens with one attached hydrogen (secondary N) is 2. The molecule has 0 aliphatic carbocycles. The third kappa shape index (κ3) is 3.82. The van der Waals surface area contributed by atoms with Gasteiger partial charge in [-0.3, -0.25) is 9.89 Å². The second kappa shape index (κ2) is 8.20. The minimum atomic E-state index is -0.309. The second-order valence-corrected chi connectivity index (χ2v) is 2.45. The van der Waals surface area contributed by atoms with E-state index in [1.807, 2.05) is 27.7 Å². The van der Waals surface area contributed by atoms with E-state index in [0.29, 0.717) is 5.65 Å². The van der Waals surface area contributed by atoms with Gasteiger partial charge in [-0.15, -0.1) is 0 Å². The van der Waals surface area contributed by atoms with Gasteiger partial charge >= 0.3 is 0 Å². The van der Waals surface area contributed by atoms with Crippen molar-refractivity contribution in [1.29, 1.82) is 0 Å². The number of hydrogen-bond acceptors (Lipinski definition) is 4. The number of H-pyrrole nitrogens is 1. The number of aromatic amines is 1. The highest BCUT2D eigenvalue weighted by molar-refractivity contribution is 5.91. The van der Waals surface area contributed by atoms with Crippen LogP contribution < -0.4 is 5.32 Å². The predicted molar refractivity (Wildman–Crippen MR) is 67.8 cm³/mol. The minimum absolute atomic E-state index is 0.138. The molecule has 0 aromatic carbocycles. The Kier molecular flexibility index (Phi) is 7.25. The van der Waals surface area contributed by atoms with E-state index in [2.05, 4.69) is 25.5 Å². The number of carbonyl (C=O) groups is 1. The van der Waals surface area contributed by atoms with E-state index < -0.39 is 0 Å². The SMILES string of the molecule is CC.CC.CNC(=O)c1ncc2cn[nH]c2n1. The lowest BCUT2D eigenvalue weighted by Gasteiger charge is -1.95. The molecule has 17 heavy (non-hydrogen) atoms. The Morgan fingerprint density at radius 2 is 1.88 bits per heavy atom. The standard InChI is InChI=1S/C7H7N5O.2C2H6/c1-8-7(13)6-9-2-4-3-10-12-5(4)11-6;2*1-2/h2-3H,1H3,(H,8,13)(H,9,10,11,12);2*1-2H3. The van der Waals surface area contributed by atoms with E-state index in [9.17, 15) is 4.79 Å². The van der Waals surface area contributed by atoms with Crippen LogP contribution in [-0.4, -0.2) is 33.1 Å². The Morgan fingerprint density at radius 3 is 2.47 bits per heavy atom. The van der Waals surface area contributed by atoms with Crippen LogP contribution in [0.4, 0.5) is 0 Å². The zero-order chi connectivity index (χ0) is 13.3. The number of carbonyl (C=O) groups excluding carboxylic acids is 1. The van der Waals surface area contributed by atoms with Gasteiger partial charge in [-0.25, -0.2) is 9.97 Å². The van der Waals surface area contributed by atoms with Crippen molar-refractivity contribution < 1.29 is 4.79 Å². The molecule has 0 bridgehead atoms. The van der Waals surface area contributed by atoms with E-state index in [0.717, 1.165) is 5.39 Å². The number of nitrogens with zero attached hydrogens (tertiary/aromatic N) is 3. The first-order valence-electron chi connectivity index (χ1n) is 5.69. The Balaban J connectivity index is 0.000000581. The zero-order valence-electron chi connectivity index (χ0n) is 10.9. The van der Waals surface area contributed by atoms with Crippen molar-refractivity contribution >= 4 is 16.9 Å². The molecule has 2 N–H and O–H groups in total. The van der Waals surface area contributed by atoms with E-state index in [1.54, 1.807) is 12.4 Å². The Hall–Kier alpha value is -1.98. The topological polar surface area (TPSA) is 83.6 Å². The molecule has 0 atom stereocenters. The van der Waals surface area contributed by atoms with Crippen molar-refractivity contribution in [3.8, 4) is 0 Å². The molecule has 94 valence electrons. The van der Waals surface area contributed by atoms with Crippen LogP contribution in [-0.2, 0) is 0 Å². The lowest BCUT2D eigenvalue weighted by Crippen LogP contribution is -2.20. The van der Waals surface area contributed by atoms with Crippen LogP contribution in [0.2, 0.25) is 0 Å². The number of hydrogen-bond donors (Lipinski definition) is 2. The van der Waals surface area contributed by atoms with Crippen molar-refractivity contribution in [2.24, 2.45) is 0 Å². The van der Waals surface area contributed by atoms with E-state index in [4.69, 9.17) is 0 Å². The van der Waals surface area contributed by atoms with Crippen molar-refractivity contribution in [2.75, 3.05) is 7.05 Å². The van der Waals surface area contributed by atoms with Gasteiger partial charge < -0.3 is 5.32 Å². The molecule has 2 rings (SSSR count). The Morgan fingerprint density at radius 1 is 1.24 bits per heavy atom. The third-order valence-electron chi connectivity index (χ3n) is 1.62. The van der Waals surface area contributed by atoms with Gasteiger partial charge in [-0.05, 0) is 0 Å². The average molecular weight is 237 g/mol. The van der Waals surface area contributed by atoms with E-state index >= 15 is 0 Å². The smallest absolute Gasteiger partial charge is 0.288 e. The van der Waals surface area contributed by atoms with Crippen molar-refractivity contribution in [1.82, 2.24) is 25.5 Å².